The van der Waals surface area contributed by atoms with Crippen molar-refractivity contribution in [1.29, 1.82) is 0 Å². The minimum atomic E-state index is -2.31. The van der Waals surface area contributed by atoms with Crippen LogP contribution in [-0.2, 0) is 0 Å². The number of thiocarbonyl (C=S) groups is 1. The molecule has 0 unspecified atom stereocenters. The Bertz CT molecular complexity index is 133. The predicted molar refractivity (Wildman–Crippen MR) is 54.3 cm³/mol. The molecule has 0 radical (unpaired) electrons. The molecule has 0 rings (SSSR count). The van der Waals surface area contributed by atoms with Crippen molar-refractivity contribution in [2.45, 2.75) is 32.5 Å². The van der Waals surface area contributed by atoms with Crippen LogP contribution in [-0.4, -0.2) is 19.9 Å². The maximum absolute atomic E-state index is 13.0. The van der Waals surface area contributed by atoms with E-state index in [1.54, 1.807) is 13.1 Å². The first-order valence-electron chi connectivity index (χ1n) is 3.85. The second kappa shape index (κ2) is 4.82. The number of hydrogen-bond acceptors (Lipinski definition) is 1. The van der Waals surface area contributed by atoms with Gasteiger partial charge in [0.1, 0.15) is 0 Å². The van der Waals surface area contributed by atoms with Gasteiger partial charge >= 0.3 is 0 Å². The summed E-state index contributed by atoms with van der Waals surface area (Å²) in [5.41, 5.74) is 0. The highest BCUT2D eigenvalue weighted by atomic mass is 32.1. The van der Waals surface area contributed by atoms with Gasteiger partial charge in [0.25, 0.3) is 0 Å². The van der Waals surface area contributed by atoms with Gasteiger partial charge in [-0.1, -0.05) is 12.2 Å². The van der Waals surface area contributed by atoms with E-state index in [9.17, 15) is 4.11 Å². The second-order valence-corrected chi connectivity index (χ2v) is 7.85. The van der Waals surface area contributed by atoms with Gasteiger partial charge in [0.2, 0.25) is 8.41 Å². The summed E-state index contributed by atoms with van der Waals surface area (Å²) in [6.45, 7) is 6.12. The molecule has 0 saturated heterocycles. The SMILES string of the molecule is CC(=S)NCCC[Si](C)(C)F. The molecule has 0 saturated carbocycles. The van der Waals surface area contributed by atoms with E-state index >= 15 is 0 Å². The smallest absolute Gasteiger partial charge is 0.241 e. The molecule has 1 nitrogen and oxygen atoms in total. The highest BCUT2D eigenvalue weighted by molar-refractivity contribution is 7.80. The average molecular weight is 193 g/mol. The molecule has 0 amide bonds. The Kier molecular flexibility index (Phi) is 4.84. The zero-order valence-electron chi connectivity index (χ0n) is 7.41. The molecule has 0 bridgehead atoms. The minimum absolute atomic E-state index is 0.725. The van der Waals surface area contributed by atoms with E-state index < -0.39 is 8.41 Å². The number of rotatable bonds is 4. The van der Waals surface area contributed by atoms with E-state index in [0.29, 0.717) is 0 Å². The van der Waals surface area contributed by atoms with Gasteiger partial charge in [-0.15, -0.1) is 0 Å². The third kappa shape index (κ3) is 10.0. The molecule has 1 N–H and O–H groups in total. The summed E-state index contributed by atoms with van der Waals surface area (Å²) >= 11 is 4.81. The molecule has 11 heavy (non-hydrogen) atoms. The van der Waals surface area contributed by atoms with Crippen LogP contribution in [0.1, 0.15) is 13.3 Å². The van der Waals surface area contributed by atoms with Crippen molar-refractivity contribution in [2.24, 2.45) is 0 Å². The third-order valence-electron chi connectivity index (χ3n) is 1.32. The van der Waals surface area contributed by atoms with Crippen LogP contribution in [0.25, 0.3) is 0 Å². The Balaban J connectivity index is 3.22. The molecule has 0 aromatic heterocycles. The van der Waals surface area contributed by atoms with E-state index in [4.69, 9.17) is 12.2 Å². The Morgan fingerprint density at radius 1 is 1.55 bits per heavy atom. The van der Waals surface area contributed by atoms with E-state index in [-0.39, 0.29) is 0 Å². The van der Waals surface area contributed by atoms with Crippen molar-refractivity contribution in [2.75, 3.05) is 6.54 Å². The van der Waals surface area contributed by atoms with Crippen LogP contribution in [0, 0.1) is 0 Å². The van der Waals surface area contributed by atoms with Crippen molar-refractivity contribution in [3.8, 4) is 0 Å². The molecule has 0 aromatic carbocycles. The lowest BCUT2D eigenvalue weighted by Crippen LogP contribution is -2.23. The molecular weight excluding hydrogens is 177 g/mol. The highest BCUT2D eigenvalue weighted by Gasteiger charge is 2.18. The topological polar surface area (TPSA) is 12.0 Å². The molecule has 66 valence electrons. The van der Waals surface area contributed by atoms with Gasteiger partial charge in [-0.05, 0) is 32.5 Å². The first kappa shape index (κ1) is 11.0. The molecule has 0 aliphatic carbocycles. The largest absolute Gasteiger partial charge is 0.380 e. The lowest BCUT2D eigenvalue weighted by molar-refractivity contribution is 0.746. The first-order chi connectivity index (χ1) is 4.92. The number of nitrogens with one attached hydrogen (secondary N) is 1. The van der Waals surface area contributed by atoms with Crippen LogP contribution in [0.5, 0.6) is 0 Å². The van der Waals surface area contributed by atoms with Gasteiger partial charge in [-0.25, -0.2) is 0 Å². The fraction of sp³-hybridized carbons (Fsp3) is 0.857. The Hall–Kier alpha value is 0.0369. The average Bonchev–Trinajstić information content (AvgIpc) is 1.78. The Labute approximate surface area is 74.6 Å². The monoisotopic (exact) mass is 193 g/mol. The maximum atomic E-state index is 13.0. The lowest BCUT2D eigenvalue weighted by Gasteiger charge is -2.10. The van der Waals surface area contributed by atoms with E-state index in [1.165, 1.54) is 0 Å². The standard InChI is InChI=1S/C7H16FNSSi/c1-7(10)9-5-4-6-11(2,3)8/h4-6H2,1-3H3,(H,9,10). The van der Waals surface area contributed by atoms with Gasteiger partial charge in [0.15, 0.2) is 0 Å². The van der Waals surface area contributed by atoms with Gasteiger partial charge < -0.3 is 9.42 Å². The van der Waals surface area contributed by atoms with Gasteiger partial charge in [-0.2, -0.15) is 0 Å². The molecular formula is C7H16FNSSi. The Morgan fingerprint density at radius 3 is 2.45 bits per heavy atom. The van der Waals surface area contributed by atoms with Crippen LogP contribution in [0.4, 0.5) is 4.11 Å². The molecule has 0 aromatic rings. The zero-order valence-corrected chi connectivity index (χ0v) is 9.22. The van der Waals surface area contributed by atoms with E-state index in [1.807, 2.05) is 6.92 Å². The van der Waals surface area contributed by atoms with Gasteiger partial charge in [0.05, 0.1) is 4.99 Å². The second-order valence-electron chi connectivity index (χ2n) is 3.31. The summed E-state index contributed by atoms with van der Waals surface area (Å²) in [6, 6.07) is 0.725. The Morgan fingerprint density at radius 2 is 2.09 bits per heavy atom. The van der Waals surface area contributed by atoms with Crippen molar-refractivity contribution in [3.63, 3.8) is 0 Å². The van der Waals surface area contributed by atoms with Crippen LogP contribution < -0.4 is 5.32 Å². The highest BCUT2D eigenvalue weighted by Crippen LogP contribution is 2.11. The molecule has 4 heteroatoms. The van der Waals surface area contributed by atoms with E-state index in [2.05, 4.69) is 5.32 Å². The summed E-state index contributed by atoms with van der Waals surface area (Å²) in [4.78, 5) is 0.795. The minimum Gasteiger partial charge on any atom is -0.380 e. The molecule has 0 aliphatic rings. The fourth-order valence-corrected chi connectivity index (χ4v) is 1.89. The van der Waals surface area contributed by atoms with E-state index in [0.717, 1.165) is 24.0 Å². The fourth-order valence-electron chi connectivity index (χ4n) is 0.773. The lowest BCUT2D eigenvalue weighted by atomic mass is 10.5. The molecule has 0 atom stereocenters. The maximum Gasteiger partial charge on any atom is 0.241 e. The summed E-state index contributed by atoms with van der Waals surface area (Å²) in [6.07, 6.45) is 0.893. The van der Waals surface area contributed by atoms with Crippen LogP contribution in [0.15, 0.2) is 0 Å². The molecule has 0 spiro atoms. The molecule has 0 heterocycles. The quantitative estimate of drug-likeness (QED) is 0.319. The van der Waals surface area contributed by atoms with Crippen LogP contribution in [0.2, 0.25) is 19.1 Å². The van der Waals surface area contributed by atoms with Crippen molar-refractivity contribution in [3.05, 3.63) is 0 Å². The van der Waals surface area contributed by atoms with Crippen LogP contribution in [0.3, 0.4) is 0 Å². The predicted octanol–water partition coefficient (Wildman–Crippen LogP) is 2.49. The van der Waals surface area contributed by atoms with Crippen molar-refractivity contribution < 1.29 is 4.11 Å². The third-order valence-corrected chi connectivity index (χ3v) is 3.01. The normalized spacial score (nSPS) is 11.3. The summed E-state index contributed by atoms with van der Waals surface area (Å²) in [5, 5.41) is 3.01. The summed E-state index contributed by atoms with van der Waals surface area (Å²) in [7, 11) is -2.31. The van der Waals surface area contributed by atoms with Crippen LogP contribution >= 0.6 is 12.2 Å². The molecule has 0 fully saturated rings. The van der Waals surface area contributed by atoms with Crippen molar-refractivity contribution in [1.82, 2.24) is 5.32 Å². The van der Waals surface area contributed by atoms with Crippen molar-refractivity contribution >= 4 is 25.6 Å². The summed E-state index contributed by atoms with van der Waals surface area (Å²) < 4.78 is 13.0. The zero-order chi connectivity index (χ0) is 8.91. The van der Waals surface area contributed by atoms with Gasteiger partial charge in [-0.3, -0.25) is 0 Å². The first-order valence-corrected chi connectivity index (χ1v) is 7.34. The summed E-state index contributed by atoms with van der Waals surface area (Å²) in [5.74, 6) is 0. The molecule has 0 aliphatic heterocycles. The number of hydrogen-bond donors (Lipinski definition) is 1. The number of halogens is 1. The van der Waals surface area contributed by atoms with Gasteiger partial charge in [0, 0.05) is 6.54 Å².